The molecule has 0 spiro atoms. The molecule has 2 nitrogen and oxygen atoms in total. The second kappa shape index (κ2) is 7.88. The van der Waals surface area contributed by atoms with Crippen molar-refractivity contribution < 1.29 is 9.84 Å². The minimum Gasteiger partial charge on any atom is -0.504 e. The fourth-order valence-corrected chi connectivity index (χ4v) is 2.72. The fraction of sp³-hybridized carbons (Fsp3) is 0.400. The summed E-state index contributed by atoms with van der Waals surface area (Å²) in [4.78, 5) is 0. The third-order valence-electron chi connectivity index (χ3n) is 4.09. The first-order valence-electron chi connectivity index (χ1n) is 8.18. The van der Waals surface area contributed by atoms with Gasteiger partial charge in [-0.05, 0) is 37.5 Å². The average Bonchev–Trinajstić information content (AvgIpc) is 2.55. The van der Waals surface area contributed by atoms with Crippen LogP contribution in [0.2, 0.25) is 0 Å². The van der Waals surface area contributed by atoms with Crippen LogP contribution in [-0.2, 0) is 5.60 Å². The highest BCUT2D eigenvalue weighted by Gasteiger charge is 2.29. The van der Waals surface area contributed by atoms with E-state index in [4.69, 9.17) is 4.74 Å². The van der Waals surface area contributed by atoms with E-state index in [-0.39, 0.29) is 5.75 Å². The summed E-state index contributed by atoms with van der Waals surface area (Å²) < 4.78 is 6.25. The van der Waals surface area contributed by atoms with Crippen LogP contribution in [0.4, 0.5) is 0 Å². The number of hydrogen-bond donors (Lipinski definition) is 1. The number of aromatic hydroxyl groups is 1. The second-order valence-corrected chi connectivity index (χ2v) is 5.98. The van der Waals surface area contributed by atoms with Gasteiger partial charge in [0.15, 0.2) is 11.5 Å². The molecule has 0 saturated carbocycles. The van der Waals surface area contributed by atoms with E-state index in [1.54, 1.807) is 6.07 Å². The van der Waals surface area contributed by atoms with Crippen LogP contribution in [0.25, 0.3) is 0 Å². The molecule has 0 radical (unpaired) electrons. The quantitative estimate of drug-likeness (QED) is 0.637. The van der Waals surface area contributed by atoms with Gasteiger partial charge in [-0.2, -0.15) is 0 Å². The number of ether oxygens (including phenoxy) is 1. The van der Waals surface area contributed by atoms with Crippen LogP contribution >= 0.6 is 0 Å². The zero-order chi connectivity index (χ0) is 15.8. The first kappa shape index (κ1) is 16.4. The lowest BCUT2D eigenvalue weighted by molar-refractivity contribution is 0.0703. The van der Waals surface area contributed by atoms with Gasteiger partial charge in [0.25, 0.3) is 0 Å². The summed E-state index contributed by atoms with van der Waals surface area (Å²) in [6.07, 6.45) is 5.74. The maximum Gasteiger partial charge on any atom is 0.162 e. The lowest BCUT2D eigenvalue weighted by Crippen LogP contribution is -2.29. The Morgan fingerprint density at radius 2 is 1.59 bits per heavy atom. The molecule has 1 N–H and O–H groups in total. The first-order valence-corrected chi connectivity index (χ1v) is 8.18. The van der Waals surface area contributed by atoms with Crippen LogP contribution in [0.3, 0.4) is 0 Å². The van der Waals surface area contributed by atoms with Gasteiger partial charge in [0.05, 0.1) is 0 Å². The smallest absolute Gasteiger partial charge is 0.162 e. The van der Waals surface area contributed by atoms with E-state index >= 15 is 0 Å². The minimum atomic E-state index is -0.423. The SMILES string of the molecule is CCCCCCC(C)(Oc1ccccc1O)c1ccccc1. The highest BCUT2D eigenvalue weighted by atomic mass is 16.5. The summed E-state index contributed by atoms with van der Waals surface area (Å²) >= 11 is 0. The molecule has 0 aliphatic rings. The summed E-state index contributed by atoms with van der Waals surface area (Å²) in [5.74, 6) is 0.738. The molecule has 2 aromatic carbocycles. The number of benzene rings is 2. The molecular formula is C20H26O2. The Labute approximate surface area is 133 Å². The number of unbranched alkanes of at least 4 members (excludes halogenated alkanes) is 3. The Bertz CT molecular complexity index is 565. The van der Waals surface area contributed by atoms with E-state index in [9.17, 15) is 5.11 Å². The van der Waals surface area contributed by atoms with Crippen molar-refractivity contribution in [2.24, 2.45) is 0 Å². The van der Waals surface area contributed by atoms with Crippen LogP contribution in [0.5, 0.6) is 11.5 Å². The highest BCUT2D eigenvalue weighted by Crippen LogP contribution is 2.36. The largest absolute Gasteiger partial charge is 0.504 e. The second-order valence-electron chi connectivity index (χ2n) is 5.98. The van der Waals surface area contributed by atoms with Gasteiger partial charge in [0.2, 0.25) is 0 Å². The van der Waals surface area contributed by atoms with Crippen molar-refractivity contribution in [1.29, 1.82) is 0 Å². The van der Waals surface area contributed by atoms with Gasteiger partial charge in [-0.3, -0.25) is 0 Å². The molecule has 2 rings (SSSR count). The van der Waals surface area contributed by atoms with Crippen molar-refractivity contribution in [2.75, 3.05) is 0 Å². The summed E-state index contributed by atoms with van der Waals surface area (Å²) in [6.45, 7) is 4.33. The predicted octanol–water partition coefficient (Wildman–Crippen LogP) is 5.66. The fourth-order valence-electron chi connectivity index (χ4n) is 2.72. The molecular weight excluding hydrogens is 272 g/mol. The Morgan fingerprint density at radius 1 is 0.909 bits per heavy atom. The lowest BCUT2D eigenvalue weighted by Gasteiger charge is -2.32. The van der Waals surface area contributed by atoms with Gasteiger partial charge >= 0.3 is 0 Å². The van der Waals surface area contributed by atoms with Crippen molar-refractivity contribution in [3.8, 4) is 11.5 Å². The Morgan fingerprint density at radius 3 is 2.27 bits per heavy atom. The van der Waals surface area contributed by atoms with E-state index in [1.807, 2.05) is 36.4 Å². The van der Waals surface area contributed by atoms with Crippen LogP contribution in [0.1, 0.15) is 51.5 Å². The van der Waals surface area contributed by atoms with Gasteiger partial charge in [0.1, 0.15) is 5.60 Å². The molecule has 0 aromatic heterocycles. The van der Waals surface area contributed by atoms with Gasteiger partial charge < -0.3 is 9.84 Å². The first-order chi connectivity index (χ1) is 10.7. The standard InChI is InChI=1S/C20H26O2/c1-3-4-5-11-16-20(2,17-12-7-6-8-13-17)22-19-15-10-9-14-18(19)21/h6-10,12-15,21H,3-5,11,16H2,1-2H3. The van der Waals surface area contributed by atoms with E-state index < -0.39 is 5.60 Å². The number of phenolic OH excluding ortho intramolecular Hbond substituents is 1. The molecule has 1 unspecified atom stereocenters. The molecule has 0 amide bonds. The molecule has 0 saturated heterocycles. The van der Waals surface area contributed by atoms with E-state index in [0.29, 0.717) is 5.75 Å². The van der Waals surface area contributed by atoms with Crippen molar-refractivity contribution in [2.45, 2.75) is 51.6 Å². The van der Waals surface area contributed by atoms with Crippen LogP contribution in [0.15, 0.2) is 54.6 Å². The maximum atomic E-state index is 10.0. The van der Waals surface area contributed by atoms with Crippen LogP contribution in [0, 0.1) is 0 Å². The normalized spacial score (nSPS) is 13.5. The predicted molar refractivity (Wildman–Crippen MR) is 91.3 cm³/mol. The number of rotatable bonds is 8. The van der Waals surface area contributed by atoms with E-state index in [2.05, 4.69) is 26.0 Å². The van der Waals surface area contributed by atoms with Gasteiger partial charge in [-0.1, -0.05) is 68.7 Å². The molecule has 0 aliphatic carbocycles. The maximum absolute atomic E-state index is 10.0. The van der Waals surface area contributed by atoms with Gasteiger partial charge in [0, 0.05) is 0 Å². The van der Waals surface area contributed by atoms with Crippen molar-refractivity contribution in [1.82, 2.24) is 0 Å². The number of hydrogen-bond acceptors (Lipinski definition) is 2. The molecule has 2 aromatic rings. The third-order valence-corrected chi connectivity index (χ3v) is 4.09. The van der Waals surface area contributed by atoms with Crippen LogP contribution < -0.4 is 4.74 Å². The van der Waals surface area contributed by atoms with Gasteiger partial charge in [-0.25, -0.2) is 0 Å². The highest BCUT2D eigenvalue weighted by molar-refractivity contribution is 5.39. The molecule has 22 heavy (non-hydrogen) atoms. The van der Waals surface area contributed by atoms with Crippen LogP contribution in [-0.4, -0.2) is 5.11 Å². The number of phenols is 1. The summed E-state index contributed by atoms with van der Waals surface area (Å²) in [5.41, 5.74) is 0.725. The monoisotopic (exact) mass is 298 g/mol. The Balaban J connectivity index is 2.19. The number of para-hydroxylation sites is 2. The van der Waals surface area contributed by atoms with Crippen molar-refractivity contribution >= 4 is 0 Å². The Hall–Kier alpha value is -1.96. The zero-order valence-electron chi connectivity index (χ0n) is 13.6. The van der Waals surface area contributed by atoms with Crippen molar-refractivity contribution in [3.05, 3.63) is 60.2 Å². The average molecular weight is 298 g/mol. The molecule has 1 atom stereocenters. The van der Waals surface area contributed by atoms with E-state index in [0.717, 1.165) is 18.4 Å². The zero-order valence-corrected chi connectivity index (χ0v) is 13.6. The lowest BCUT2D eigenvalue weighted by atomic mass is 9.89. The molecule has 118 valence electrons. The molecule has 2 heteroatoms. The molecule has 0 heterocycles. The molecule has 0 fully saturated rings. The van der Waals surface area contributed by atoms with E-state index in [1.165, 1.54) is 19.3 Å². The minimum absolute atomic E-state index is 0.193. The van der Waals surface area contributed by atoms with Gasteiger partial charge in [-0.15, -0.1) is 0 Å². The molecule has 0 bridgehead atoms. The summed E-state index contributed by atoms with van der Waals surface area (Å²) in [5, 5.41) is 10.0. The summed E-state index contributed by atoms with van der Waals surface area (Å²) in [7, 11) is 0. The topological polar surface area (TPSA) is 29.5 Å². The Kier molecular flexibility index (Phi) is 5.88. The third kappa shape index (κ3) is 4.27. The summed E-state index contributed by atoms with van der Waals surface area (Å²) in [6, 6.07) is 17.5. The van der Waals surface area contributed by atoms with Crippen molar-refractivity contribution in [3.63, 3.8) is 0 Å². The molecule has 0 aliphatic heterocycles.